The Balaban J connectivity index is 2.34. The molecule has 20 heavy (non-hydrogen) atoms. The average Bonchev–Trinajstić information content (AvgIpc) is 2.49. The summed E-state index contributed by atoms with van der Waals surface area (Å²) in [6, 6.07) is -0.358. The number of hydrogen-bond donors (Lipinski definition) is 2. The van der Waals surface area contributed by atoms with Crippen molar-refractivity contribution in [3.8, 4) is 0 Å². The van der Waals surface area contributed by atoms with E-state index in [9.17, 15) is 14.4 Å². The van der Waals surface area contributed by atoms with Gasteiger partial charge in [-0.05, 0) is 31.1 Å². The Morgan fingerprint density at radius 3 is 2.50 bits per heavy atom. The van der Waals surface area contributed by atoms with Crippen LogP contribution in [0, 0.1) is 5.41 Å². The second-order valence-corrected chi connectivity index (χ2v) is 6.11. The molecule has 0 atom stereocenters. The van der Waals surface area contributed by atoms with E-state index in [1.807, 2.05) is 0 Å². The number of amides is 3. The second-order valence-electron chi connectivity index (χ2n) is 6.11. The lowest BCUT2D eigenvalue weighted by atomic mass is 9.85. The van der Waals surface area contributed by atoms with Crippen LogP contribution in [0.2, 0.25) is 0 Å². The van der Waals surface area contributed by atoms with E-state index < -0.39 is 11.9 Å². The molecule has 2 N–H and O–H groups in total. The maximum atomic E-state index is 11.9. The van der Waals surface area contributed by atoms with Gasteiger partial charge in [0.2, 0.25) is 5.91 Å². The van der Waals surface area contributed by atoms with Crippen LogP contribution in [0.5, 0.6) is 0 Å². The van der Waals surface area contributed by atoms with Crippen molar-refractivity contribution < 1.29 is 19.5 Å². The number of nitrogens with one attached hydrogen (secondary N) is 1. The third kappa shape index (κ3) is 6.04. The van der Waals surface area contributed by atoms with Gasteiger partial charge in [-0.25, -0.2) is 4.79 Å². The summed E-state index contributed by atoms with van der Waals surface area (Å²) < 4.78 is 0. The number of carboxylic acids is 1. The highest BCUT2D eigenvalue weighted by Crippen LogP contribution is 2.29. The fourth-order valence-electron chi connectivity index (χ4n) is 2.29. The SMILES string of the molecule is CC1(C)CCCN(C(=O)NC(=O)CCCC(=O)O)CC1. The van der Waals surface area contributed by atoms with Gasteiger partial charge in [-0.2, -0.15) is 0 Å². The van der Waals surface area contributed by atoms with Gasteiger partial charge in [0.15, 0.2) is 0 Å². The highest BCUT2D eigenvalue weighted by atomic mass is 16.4. The van der Waals surface area contributed by atoms with Crippen LogP contribution in [0.4, 0.5) is 4.79 Å². The van der Waals surface area contributed by atoms with Crippen LogP contribution in [0.15, 0.2) is 0 Å². The van der Waals surface area contributed by atoms with Crippen LogP contribution in [0.1, 0.15) is 52.4 Å². The molecule has 114 valence electrons. The van der Waals surface area contributed by atoms with Crippen LogP contribution >= 0.6 is 0 Å². The minimum absolute atomic E-state index is 0.0560. The Morgan fingerprint density at radius 1 is 1.15 bits per heavy atom. The fourth-order valence-corrected chi connectivity index (χ4v) is 2.29. The van der Waals surface area contributed by atoms with Gasteiger partial charge in [-0.3, -0.25) is 14.9 Å². The first-order valence-electron chi connectivity index (χ1n) is 7.11. The number of carboxylic acid groups (broad SMARTS) is 1. The third-order valence-corrected chi connectivity index (χ3v) is 3.67. The number of imide groups is 1. The summed E-state index contributed by atoms with van der Waals surface area (Å²) in [6.07, 6.45) is 3.20. The lowest BCUT2D eigenvalue weighted by Crippen LogP contribution is -2.43. The molecule has 1 heterocycles. The summed E-state index contributed by atoms with van der Waals surface area (Å²) in [5.74, 6) is -1.33. The number of rotatable bonds is 4. The number of carbonyl (C=O) groups excluding carboxylic acids is 2. The summed E-state index contributed by atoms with van der Waals surface area (Å²) >= 11 is 0. The summed E-state index contributed by atoms with van der Waals surface area (Å²) in [5.41, 5.74) is 0.237. The maximum absolute atomic E-state index is 11.9. The van der Waals surface area contributed by atoms with Crippen LogP contribution in [0.25, 0.3) is 0 Å². The minimum Gasteiger partial charge on any atom is -0.481 e. The quantitative estimate of drug-likeness (QED) is 0.826. The van der Waals surface area contributed by atoms with Crippen LogP contribution < -0.4 is 5.32 Å². The Labute approximate surface area is 119 Å². The number of hydrogen-bond acceptors (Lipinski definition) is 3. The first kappa shape index (κ1) is 16.5. The first-order chi connectivity index (χ1) is 9.30. The predicted octanol–water partition coefficient (Wildman–Crippen LogP) is 1.99. The Bertz CT molecular complexity index is 379. The van der Waals surface area contributed by atoms with Crippen LogP contribution in [-0.4, -0.2) is 41.0 Å². The minimum atomic E-state index is -0.932. The van der Waals surface area contributed by atoms with Crippen molar-refractivity contribution in [2.24, 2.45) is 5.41 Å². The standard InChI is InChI=1S/C14H24N2O4/c1-14(2)7-4-9-16(10-8-14)13(20)15-11(17)5-3-6-12(18)19/h3-10H2,1-2H3,(H,18,19)(H,15,17,20). The number of carbonyl (C=O) groups is 3. The first-order valence-corrected chi connectivity index (χ1v) is 7.11. The maximum Gasteiger partial charge on any atom is 0.324 e. The number of nitrogens with zero attached hydrogens (tertiary/aromatic N) is 1. The number of likely N-dealkylation sites (tertiary alicyclic amines) is 1. The molecule has 0 aromatic heterocycles. The molecule has 6 nitrogen and oxygen atoms in total. The summed E-state index contributed by atoms with van der Waals surface area (Å²) in [6.45, 7) is 5.69. The van der Waals surface area contributed by atoms with Gasteiger partial charge in [0.1, 0.15) is 0 Å². The topological polar surface area (TPSA) is 86.7 Å². The van der Waals surface area contributed by atoms with E-state index in [4.69, 9.17) is 5.11 Å². The largest absolute Gasteiger partial charge is 0.481 e. The Kier molecular flexibility index (Phi) is 5.98. The molecule has 1 aliphatic heterocycles. The molecule has 0 saturated carbocycles. The molecule has 6 heteroatoms. The van der Waals surface area contributed by atoms with Crippen molar-refractivity contribution in [1.29, 1.82) is 0 Å². The number of aliphatic carboxylic acids is 1. The van der Waals surface area contributed by atoms with Crippen molar-refractivity contribution >= 4 is 17.9 Å². The Morgan fingerprint density at radius 2 is 1.85 bits per heavy atom. The van der Waals surface area contributed by atoms with Crippen molar-refractivity contribution in [2.45, 2.75) is 52.4 Å². The molecular formula is C14H24N2O4. The monoisotopic (exact) mass is 284 g/mol. The number of urea groups is 1. The second kappa shape index (κ2) is 7.26. The lowest BCUT2D eigenvalue weighted by Gasteiger charge is -2.23. The predicted molar refractivity (Wildman–Crippen MR) is 74.2 cm³/mol. The average molecular weight is 284 g/mol. The van der Waals surface area contributed by atoms with Gasteiger partial charge >= 0.3 is 12.0 Å². The van der Waals surface area contributed by atoms with E-state index in [0.29, 0.717) is 13.1 Å². The molecule has 0 unspecified atom stereocenters. The molecule has 1 aliphatic rings. The lowest BCUT2D eigenvalue weighted by molar-refractivity contribution is -0.137. The van der Waals surface area contributed by atoms with E-state index in [1.165, 1.54) is 0 Å². The summed E-state index contributed by atoms with van der Waals surface area (Å²) in [7, 11) is 0. The van der Waals surface area contributed by atoms with E-state index >= 15 is 0 Å². The molecule has 0 aliphatic carbocycles. The molecule has 1 rings (SSSR count). The van der Waals surface area contributed by atoms with Crippen molar-refractivity contribution in [3.05, 3.63) is 0 Å². The van der Waals surface area contributed by atoms with Crippen molar-refractivity contribution in [1.82, 2.24) is 10.2 Å². The molecule has 3 amide bonds. The summed E-state index contributed by atoms with van der Waals surface area (Å²) in [4.78, 5) is 35.5. The highest BCUT2D eigenvalue weighted by molar-refractivity contribution is 5.94. The van der Waals surface area contributed by atoms with E-state index in [0.717, 1.165) is 19.3 Å². The molecule has 0 bridgehead atoms. The van der Waals surface area contributed by atoms with Gasteiger partial charge in [0.05, 0.1) is 0 Å². The van der Waals surface area contributed by atoms with E-state index in [2.05, 4.69) is 19.2 Å². The fraction of sp³-hybridized carbons (Fsp3) is 0.786. The molecule has 1 saturated heterocycles. The van der Waals surface area contributed by atoms with Gasteiger partial charge in [0.25, 0.3) is 0 Å². The molecule has 0 radical (unpaired) electrons. The zero-order valence-electron chi connectivity index (χ0n) is 12.3. The molecule has 1 fully saturated rings. The van der Waals surface area contributed by atoms with Gasteiger partial charge in [0, 0.05) is 25.9 Å². The van der Waals surface area contributed by atoms with Gasteiger partial charge in [-0.15, -0.1) is 0 Å². The zero-order chi connectivity index (χ0) is 15.2. The molecule has 0 spiro atoms. The smallest absolute Gasteiger partial charge is 0.324 e. The van der Waals surface area contributed by atoms with E-state index in [-0.39, 0.29) is 30.7 Å². The molecular weight excluding hydrogens is 260 g/mol. The van der Waals surface area contributed by atoms with Crippen LogP contribution in [0.3, 0.4) is 0 Å². The Hall–Kier alpha value is -1.59. The highest BCUT2D eigenvalue weighted by Gasteiger charge is 2.25. The summed E-state index contributed by atoms with van der Waals surface area (Å²) in [5, 5.41) is 10.8. The van der Waals surface area contributed by atoms with Gasteiger partial charge in [-0.1, -0.05) is 13.8 Å². The van der Waals surface area contributed by atoms with Gasteiger partial charge < -0.3 is 10.0 Å². The van der Waals surface area contributed by atoms with Crippen molar-refractivity contribution in [2.75, 3.05) is 13.1 Å². The van der Waals surface area contributed by atoms with Crippen LogP contribution in [-0.2, 0) is 9.59 Å². The third-order valence-electron chi connectivity index (χ3n) is 3.67. The molecule has 0 aromatic rings. The molecule has 0 aromatic carbocycles. The zero-order valence-corrected chi connectivity index (χ0v) is 12.3. The van der Waals surface area contributed by atoms with E-state index in [1.54, 1.807) is 4.90 Å². The normalized spacial score (nSPS) is 18.2. The van der Waals surface area contributed by atoms with Crippen molar-refractivity contribution in [3.63, 3.8) is 0 Å².